The van der Waals surface area contributed by atoms with Gasteiger partial charge in [0.05, 0.1) is 20.2 Å². The van der Waals surface area contributed by atoms with Gasteiger partial charge in [-0.1, -0.05) is 77.8 Å². The number of nitrogens with zero attached hydrogens (tertiary/aromatic N) is 1. The normalized spacial score (nSPS) is 11.2. The predicted molar refractivity (Wildman–Crippen MR) is 141 cm³/mol. The predicted octanol–water partition coefficient (Wildman–Crippen LogP) is 8.03. The van der Waals surface area contributed by atoms with Gasteiger partial charge in [-0.25, -0.2) is 0 Å². The van der Waals surface area contributed by atoms with Gasteiger partial charge >= 0.3 is 0 Å². The van der Waals surface area contributed by atoms with Gasteiger partial charge < -0.3 is 10.1 Å². The van der Waals surface area contributed by atoms with E-state index >= 15 is 0 Å². The Hall–Kier alpha value is -3.30. The Morgan fingerprint density at radius 2 is 1.71 bits per heavy atom. The highest BCUT2D eigenvalue weighted by Crippen LogP contribution is 2.31. The lowest BCUT2D eigenvalue weighted by Crippen LogP contribution is -2.14. The Bertz CT molecular complexity index is 1440. The zero-order valence-electron chi connectivity index (χ0n) is 17.7. The van der Waals surface area contributed by atoms with Gasteiger partial charge in [0.15, 0.2) is 0 Å². The lowest BCUT2D eigenvalue weighted by atomic mass is 10.1. The van der Waals surface area contributed by atoms with Gasteiger partial charge in [0.1, 0.15) is 24.0 Å². The van der Waals surface area contributed by atoms with E-state index in [4.69, 9.17) is 27.9 Å². The molecular weight excluding hydrogens is 535 g/mol. The third kappa shape index (κ3) is 5.43. The molecule has 0 heterocycles. The number of fused-ring (bicyclic) bond motifs is 1. The number of para-hydroxylation sites is 1. The van der Waals surface area contributed by atoms with Gasteiger partial charge in [0.2, 0.25) is 0 Å². The summed E-state index contributed by atoms with van der Waals surface area (Å²) in [5.74, 6) is 0.0424. The van der Waals surface area contributed by atoms with Crippen molar-refractivity contribution in [3.05, 3.63) is 110 Å². The summed E-state index contributed by atoms with van der Waals surface area (Å²) in [5.41, 5.74) is 1.90. The molecule has 0 fully saturated rings. The molecule has 4 rings (SSSR count). The summed E-state index contributed by atoms with van der Waals surface area (Å²) in [7, 11) is 0. The van der Waals surface area contributed by atoms with E-state index < -0.39 is 5.91 Å². The number of hydrogen-bond acceptors (Lipinski definition) is 3. The number of hydrogen-bond donors (Lipinski definition) is 1. The molecule has 1 N–H and O–H groups in total. The van der Waals surface area contributed by atoms with Crippen molar-refractivity contribution < 1.29 is 9.53 Å². The molecule has 0 aliphatic carbocycles. The van der Waals surface area contributed by atoms with Crippen molar-refractivity contribution in [1.82, 2.24) is 0 Å². The number of ether oxygens (including phenoxy) is 1. The van der Waals surface area contributed by atoms with Gasteiger partial charge in [-0.2, -0.15) is 5.26 Å². The maximum Gasteiger partial charge on any atom is 0.266 e. The first kappa shape index (κ1) is 23.8. The molecule has 0 radical (unpaired) electrons. The second-order valence-corrected chi connectivity index (χ2v) is 9.01. The van der Waals surface area contributed by atoms with Crippen LogP contribution in [0.1, 0.15) is 11.1 Å². The van der Waals surface area contributed by atoms with Crippen LogP contribution in [0.25, 0.3) is 16.8 Å². The second-order valence-electron chi connectivity index (χ2n) is 7.34. The van der Waals surface area contributed by atoms with Gasteiger partial charge in [-0.05, 0) is 68.2 Å². The lowest BCUT2D eigenvalue weighted by Gasteiger charge is -2.11. The fraction of sp³-hybridized carbons (Fsp3) is 0.0370. The molecule has 4 aromatic rings. The molecule has 0 spiro atoms. The molecule has 34 heavy (non-hydrogen) atoms. The second kappa shape index (κ2) is 10.8. The van der Waals surface area contributed by atoms with E-state index in [-0.39, 0.29) is 21.3 Å². The number of nitrogens with one attached hydrogen (secondary N) is 1. The van der Waals surface area contributed by atoms with Crippen molar-refractivity contribution in [3.8, 4) is 11.8 Å². The van der Waals surface area contributed by atoms with Crippen LogP contribution >= 0.6 is 39.1 Å². The molecule has 0 aliphatic rings. The first-order chi connectivity index (χ1) is 16.5. The maximum atomic E-state index is 12.6. The minimum Gasteiger partial charge on any atom is -0.488 e. The van der Waals surface area contributed by atoms with Crippen LogP contribution < -0.4 is 10.1 Å². The third-order valence-corrected chi connectivity index (χ3v) is 6.35. The SMILES string of the molecule is N#C/C(=C\c1ccc(OCc2cccc3ccccc23)c(Br)c1)C(=O)Nc1c(Cl)cccc1Cl. The van der Waals surface area contributed by atoms with E-state index in [1.807, 2.05) is 30.3 Å². The number of carbonyl (C=O) groups excluding carboxylic acids is 1. The van der Waals surface area contributed by atoms with Crippen LogP contribution in [-0.2, 0) is 11.4 Å². The molecule has 0 aliphatic heterocycles. The van der Waals surface area contributed by atoms with Crippen LogP contribution in [0.2, 0.25) is 10.0 Å². The van der Waals surface area contributed by atoms with E-state index in [2.05, 4.69) is 39.4 Å². The Morgan fingerprint density at radius 1 is 1.00 bits per heavy atom. The van der Waals surface area contributed by atoms with Crippen LogP contribution in [0.4, 0.5) is 5.69 Å². The summed E-state index contributed by atoms with van der Waals surface area (Å²) >= 11 is 15.7. The lowest BCUT2D eigenvalue weighted by molar-refractivity contribution is -0.112. The van der Waals surface area contributed by atoms with Crippen molar-refractivity contribution in [1.29, 1.82) is 5.26 Å². The van der Waals surface area contributed by atoms with Gasteiger partial charge in [-0.3, -0.25) is 4.79 Å². The van der Waals surface area contributed by atoms with Crippen LogP contribution in [0.5, 0.6) is 5.75 Å². The number of anilines is 1. The Kier molecular flexibility index (Phi) is 7.54. The largest absolute Gasteiger partial charge is 0.488 e. The minimum atomic E-state index is -0.607. The van der Waals surface area contributed by atoms with Crippen molar-refractivity contribution in [2.24, 2.45) is 0 Å². The molecule has 0 aromatic heterocycles. The van der Waals surface area contributed by atoms with Crippen molar-refractivity contribution in [2.45, 2.75) is 6.61 Å². The topological polar surface area (TPSA) is 62.1 Å². The Morgan fingerprint density at radius 3 is 2.44 bits per heavy atom. The molecule has 7 heteroatoms. The molecule has 4 nitrogen and oxygen atoms in total. The summed E-state index contributed by atoms with van der Waals surface area (Å²) in [6.07, 6.45) is 1.49. The molecular formula is C27H17BrCl2N2O2. The molecule has 0 bridgehead atoms. The van der Waals surface area contributed by atoms with Crippen LogP contribution in [-0.4, -0.2) is 5.91 Å². The highest BCUT2D eigenvalue weighted by atomic mass is 79.9. The summed E-state index contributed by atoms with van der Waals surface area (Å²) in [5, 5.41) is 15.0. The third-order valence-electron chi connectivity index (χ3n) is 5.10. The summed E-state index contributed by atoms with van der Waals surface area (Å²) in [4.78, 5) is 12.6. The molecule has 1 amide bonds. The van der Waals surface area contributed by atoms with E-state index in [0.29, 0.717) is 22.4 Å². The van der Waals surface area contributed by atoms with E-state index in [1.54, 1.807) is 36.4 Å². The first-order valence-corrected chi connectivity index (χ1v) is 11.8. The van der Waals surface area contributed by atoms with Crippen LogP contribution in [0, 0.1) is 11.3 Å². The fourth-order valence-corrected chi connectivity index (χ4v) is 4.41. The Labute approximate surface area is 215 Å². The highest BCUT2D eigenvalue weighted by molar-refractivity contribution is 9.10. The zero-order chi connectivity index (χ0) is 24.1. The summed E-state index contributed by atoms with van der Waals surface area (Å²) in [6.45, 7) is 0.402. The van der Waals surface area contributed by atoms with E-state index in [0.717, 1.165) is 16.3 Å². The number of rotatable bonds is 6. The monoisotopic (exact) mass is 550 g/mol. The average molecular weight is 552 g/mol. The standard InChI is InChI=1S/C27H17BrCl2N2O2/c28-22-14-17(13-20(15-31)27(33)32-26-23(29)9-4-10-24(26)30)11-12-25(22)34-16-19-7-3-6-18-5-1-2-8-21(18)19/h1-14H,16H2,(H,32,33)/b20-13+. The van der Waals surface area contributed by atoms with Crippen molar-refractivity contribution in [3.63, 3.8) is 0 Å². The van der Waals surface area contributed by atoms with Gasteiger partial charge in [-0.15, -0.1) is 0 Å². The number of carbonyl (C=O) groups is 1. The number of amides is 1. The average Bonchev–Trinajstić information content (AvgIpc) is 2.84. The maximum absolute atomic E-state index is 12.6. The molecule has 0 atom stereocenters. The molecule has 4 aromatic carbocycles. The summed E-state index contributed by atoms with van der Waals surface area (Å²) < 4.78 is 6.73. The van der Waals surface area contributed by atoms with Crippen molar-refractivity contribution in [2.75, 3.05) is 5.32 Å². The van der Waals surface area contributed by atoms with E-state index in [9.17, 15) is 10.1 Å². The van der Waals surface area contributed by atoms with Crippen LogP contribution in [0.15, 0.2) is 88.9 Å². The number of halogens is 3. The van der Waals surface area contributed by atoms with Crippen molar-refractivity contribution >= 4 is 67.6 Å². The zero-order valence-corrected chi connectivity index (χ0v) is 20.8. The quantitative estimate of drug-likeness (QED) is 0.195. The molecule has 0 saturated heterocycles. The first-order valence-electron chi connectivity index (χ1n) is 10.2. The minimum absolute atomic E-state index is 0.0905. The number of nitriles is 1. The molecule has 0 saturated carbocycles. The van der Waals surface area contributed by atoms with Gasteiger partial charge in [0.25, 0.3) is 5.91 Å². The van der Waals surface area contributed by atoms with E-state index in [1.165, 1.54) is 6.08 Å². The highest BCUT2D eigenvalue weighted by Gasteiger charge is 2.14. The van der Waals surface area contributed by atoms with Gasteiger partial charge in [0, 0.05) is 0 Å². The molecule has 0 unspecified atom stereocenters. The summed E-state index contributed by atoms with van der Waals surface area (Å²) in [6, 6.07) is 26.4. The Balaban J connectivity index is 1.50. The number of benzene rings is 4. The smallest absolute Gasteiger partial charge is 0.266 e. The molecule has 168 valence electrons. The fourth-order valence-electron chi connectivity index (χ4n) is 3.41. The van der Waals surface area contributed by atoms with Crippen LogP contribution in [0.3, 0.4) is 0 Å².